The van der Waals surface area contributed by atoms with E-state index >= 15 is 0 Å². The summed E-state index contributed by atoms with van der Waals surface area (Å²) in [6, 6.07) is 8.61. The Hall–Kier alpha value is -2.08. The summed E-state index contributed by atoms with van der Waals surface area (Å²) in [6.45, 7) is 1.93. The zero-order valence-electron chi connectivity index (χ0n) is 11.6. The van der Waals surface area contributed by atoms with Crippen molar-refractivity contribution in [3.8, 4) is 5.75 Å². The van der Waals surface area contributed by atoms with E-state index in [1.807, 2.05) is 12.1 Å². The highest BCUT2D eigenvalue weighted by Gasteiger charge is 2.15. The van der Waals surface area contributed by atoms with Crippen LogP contribution in [0, 0.1) is 6.92 Å². The SMILES string of the molecule is COc1ccc(Cn2c(C)c(C(=O)O)cc(Br)c2=O)cc1. The molecule has 1 aromatic carbocycles. The van der Waals surface area contributed by atoms with Gasteiger partial charge in [0.1, 0.15) is 5.75 Å². The zero-order valence-corrected chi connectivity index (χ0v) is 13.2. The predicted molar refractivity (Wildman–Crippen MR) is 82.2 cm³/mol. The number of hydrogen-bond donors (Lipinski definition) is 1. The van der Waals surface area contributed by atoms with Crippen LogP contribution in [0.5, 0.6) is 5.75 Å². The lowest BCUT2D eigenvalue weighted by Crippen LogP contribution is -2.26. The van der Waals surface area contributed by atoms with Crippen LogP contribution in [0.25, 0.3) is 0 Å². The topological polar surface area (TPSA) is 68.5 Å². The molecule has 110 valence electrons. The van der Waals surface area contributed by atoms with Crippen molar-refractivity contribution < 1.29 is 14.6 Å². The average molecular weight is 352 g/mol. The molecule has 0 aliphatic rings. The van der Waals surface area contributed by atoms with Crippen LogP contribution in [0.4, 0.5) is 0 Å². The van der Waals surface area contributed by atoms with Crippen molar-refractivity contribution in [3.05, 3.63) is 62.0 Å². The summed E-state index contributed by atoms with van der Waals surface area (Å²) in [6.07, 6.45) is 0. The largest absolute Gasteiger partial charge is 0.497 e. The molecule has 1 N–H and O–H groups in total. The molecule has 21 heavy (non-hydrogen) atoms. The molecular formula is C15H14BrNO4. The third-order valence-corrected chi connectivity index (χ3v) is 3.81. The van der Waals surface area contributed by atoms with Gasteiger partial charge in [-0.3, -0.25) is 4.79 Å². The standard InChI is InChI=1S/C15H14BrNO4/c1-9-12(15(19)20)7-13(16)14(18)17(9)8-10-3-5-11(21-2)6-4-10/h3-7H,8H2,1-2H3,(H,19,20). The fourth-order valence-corrected chi connectivity index (χ4v) is 2.48. The first-order valence-corrected chi connectivity index (χ1v) is 6.99. The van der Waals surface area contributed by atoms with Crippen molar-refractivity contribution in [1.29, 1.82) is 0 Å². The lowest BCUT2D eigenvalue weighted by molar-refractivity contribution is 0.0694. The van der Waals surface area contributed by atoms with E-state index in [0.29, 0.717) is 12.2 Å². The highest BCUT2D eigenvalue weighted by atomic mass is 79.9. The molecule has 0 aliphatic heterocycles. The van der Waals surface area contributed by atoms with E-state index < -0.39 is 5.97 Å². The molecule has 0 bridgehead atoms. The molecule has 1 aromatic heterocycles. The Kier molecular flexibility index (Phi) is 4.47. The summed E-state index contributed by atoms with van der Waals surface area (Å²) in [5, 5.41) is 9.19. The second-order valence-electron chi connectivity index (χ2n) is 4.54. The molecule has 1 heterocycles. The first-order chi connectivity index (χ1) is 9.93. The van der Waals surface area contributed by atoms with Gasteiger partial charge in [0.15, 0.2) is 0 Å². The van der Waals surface area contributed by atoms with Crippen LogP contribution in [0.15, 0.2) is 39.6 Å². The van der Waals surface area contributed by atoms with Crippen LogP contribution in [-0.4, -0.2) is 22.8 Å². The maximum atomic E-state index is 12.2. The number of carboxylic acid groups (broad SMARTS) is 1. The Labute approximate surface area is 129 Å². The first-order valence-electron chi connectivity index (χ1n) is 6.20. The minimum atomic E-state index is -1.06. The van der Waals surface area contributed by atoms with Crippen molar-refractivity contribution in [2.75, 3.05) is 7.11 Å². The van der Waals surface area contributed by atoms with Crippen molar-refractivity contribution in [2.24, 2.45) is 0 Å². The number of benzene rings is 1. The van der Waals surface area contributed by atoms with E-state index in [1.165, 1.54) is 10.6 Å². The van der Waals surface area contributed by atoms with Crippen LogP contribution in [0.3, 0.4) is 0 Å². The summed E-state index contributed by atoms with van der Waals surface area (Å²) < 4.78 is 6.76. The highest BCUT2D eigenvalue weighted by Crippen LogP contribution is 2.16. The van der Waals surface area contributed by atoms with Gasteiger partial charge < -0.3 is 14.4 Å². The zero-order chi connectivity index (χ0) is 15.6. The van der Waals surface area contributed by atoms with Crippen molar-refractivity contribution >= 4 is 21.9 Å². The maximum absolute atomic E-state index is 12.2. The smallest absolute Gasteiger partial charge is 0.337 e. The van der Waals surface area contributed by atoms with Crippen LogP contribution in [-0.2, 0) is 6.54 Å². The molecule has 2 aromatic rings. The summed E-state index contributed by atoms with van der Waals surface area (Å²) in [7, 11) is 1.58. The third-order valence-electron chi connectivity index (χ3n) is 3.25. The molecule has 0 spiro atoms. The highest BCUT2D eigenvalue weighted by molar-refractivity contribution is 9.10. The van der Waals surface area contributed by atoms with E-state index in [-0.39, 0.29) is 15.6 Å². The van der Waals surface area contributed by atoms with Crippen LogP contribution in [0.1, 0.15) is 21.6 Å². The second-order valence-corrected chi connectivity index (χ2v) is 5.39. The summed E-state index contributed by atoms with van der Waals surface area (Å²) in [5.41, 5.74) is 1.16. The van der Waals surface area contributed by atoms with E-state index in [4.69, 9.17) is 4.74 Å². The van der Waals surface area contributed by atoms with Crippen LogP contribution < -0.4 is 10.3 Å². The molecule has 2 rings (SSSR count). The fraction of sp³-hybridized carbons (Fsp3) is 0.200. The molecular weight excluding hydrogens is 338 g/mol. The number of halogens is 1. The molecule has 0 saturated carbocycles. The Bertz CT molecular complexity index is 735. The van der Waals surface area contributed by atoms with Gasteiger partial charge in [0.2, 0.25) is 0 Å². The van der Waals surface area contributed by atoms with E-state index in [0.717, 1.165) is 11.3 Å². The predicted octanol–water partition coefficient (Wildman–Crippen LogP) is 2.67. The normalized spacial score (nSPS) is 10.4. The first kappa shape index (κ1) is 15.3. The number of methoxy groups -OCH3 is 1. The lowest BCUT2D eigenvalue weighted by atomic mass is 10.1. The number of aromatic carboxylic acids is 1. The summed E-state index contributed by atoms with van der Waals surface area (Å²) in [4.78, 5) is 23.4. The number of rotatable bonds is 4. The van der Waals surface area contributed by atoms with Gasteiger partial charge >= 0.3 is 5.97 Å². The third kappa shape index (κ3) is 3.16. The molecule has 5 nitrogen and oxygen atoms in total. The molecule has 0 unspecified atom stereocenters. The van der Waals surface area contributed by atoms with Gasteiger partial charge in [-0.25, -0.2) is 4.79 Å². The fourth-order valence-electron chi connectivity index (χ4n) is 2.04. The number of carboxylic acids is 1. The lowest BCUT2D eigenvalue weighted by Gasteiger charge is -2.13. The summed E-state index contributed by atoms with van der Waals surface area (Å²) >= 11 is 3.12. The maximum Gasteiger partial charge on any atom is 0.337 e. The molecule has 0 fully saturated rings. The number of nitrogens with zero attached hydrogens (tertiary/aromatic N) is 1. The Morgan fingerprint density at radius 2 is 1.95 bits per heavy atom. The number of ether oxygens (including phenoxy) is 1. The summed E-state index contributed by atoms with van der Waals surface area (Å²) in [5.74, 6) is -0.333. The van der Waals surface area contributed by atoms with Gasteiger partial charge in [-0.1, -0.05) is 12.1 Å². The quantitative estimate of drug-likeness (QED) is 0.919. The molecule has 0 saturated heterocycles. The Morgan fingerprint density at radius 3 is 2.48 bits per heavy atom. The number of carbonyl (C=O) groups is 1. The van der Waals surface area contributed by atoms with Crippen molar-refractivity contribution in [1.82, 2.24) is 4.57 Å². The van der Waals surface area contributed by atoms with Crippen LogP contribution >= 0.6 is 15.9 Å². The van der Waals surface area contributed by atoms with Gasteiger partial charge in [0, 0.05) is 5.69 Å². The van der Waals surface area contributed by atoms with Gasteiger partial charge in [-0.05, 0) is 46.6 Å². The van der Waals surface area contributed by atoms with Gasteiger partial charge in [-0.2, -0.15) is 0 Å². The molecule has 6 heteroatoms. The minimum absolute atomic E-state index is 0.106. The molecule has 0 radical (unpaired) electrons. The number of hydrogen-bond acceptors (Lipinski definition) is 3. The molecule has 0 atom stereocenters. The van der Waals surface area contributed by atoms with Crippen LogP contribution in [0.2, 0.25) is 0 Å². The average Bonchev–Trinajstić information content (AvgIpc) is 2.47. The molecule has 0 amide bonds. The van der Waals surface area contributed by atoms with Crippen molar-refractivity contribution in [2.45, 2.75) is 13.5 Å². The van der Waals surface area contributed by atoms with Gasteiger partial charge in [-0.15, -0.1) is 0 Å². The van der Waals surface area contributed by atoms with E-state index in [9.17, 15) is 14.7 Å². The monoisotopic (exact) mass is 351 g/mol. The Balaban J connectivity index is 2.47. The van der Waals surface area contributed by atoms with E-state index in [1.54, 1.807) is 26.2 Å². The van der Waals surface area contributed by atoms with Gasteiger partial charge in [0.05, 0.1) is 23.7 Å². The van der Waals surface area contributed by atoms with Crippen molar-refractivity contribution in [3.63, 3.8) is 0 Å². The second kappa shape index (κ2) is 6.13. The van der Waals surface area contributed by atoms with Gasteiger partial charge in [0.25, 0.3) is 5.56 Å². The van der Waals surface area contributed by atoms with E-state index in [2.05, 4.69) is 15.9 Å². The number of pyridine rings is 1. The Morgan fingerprint density at radius 1 is 1.33 bits per heavy atom. The molecule has 0 aliphatic carbocycles. The number of aromatic nitrogens is 1. The minimum Gasteiger partial charge on any atom is -0.497 e.